The van der Waals surface area contributed by atoms with E-state index in [4.69, 9.17) is 4.98 Å². The largest absolute Gasteiger partial charge is 0.316 e. The topological polar surface area (TPSA) is 45.2 Å². The van der Waals surface area contributed by atoms with E-state index in [1.165, 1.54) is 22.7 Å². The molecular formula is C18H21N3OS. The Hall–Kier alpha value is -1.72. The molecule has 23 heavy (non-hydrogen) atoms. The third kappa shape index (κ3) is 2.58. The van der Waals surface area contributed by atoms with Crippen molar-refractivity contribution < 1.29 is 4.79 Å². The third-order valence-electron chi connectivity index (χ3n) is 4.89. The van der Waals surface area contributed by atoms with Crippen LogP contribution in [0.5, 0.6) is 0 Å². The standard InChI is InChI=1S/C18H21N3OS/c1-11-17(20-18(23-11)13-4-3-7-19-10-13)12-5-6-15-14(8-12)9-16(22)21(15)2/h5-6,8,13,19H,3-4,7,9-10H2,1-2H3. The molecule has 0 saturated carbocycles. The van der Waals surface area contributed by atoms with Crippen LogP contribution in [-0.4, -0.2) is 31.0 Å². The van der Waals surface area contributed by atoms with Gasteiger partial charge in [0.1, 0.15) is 0 Å². The molecule has 5 heteroatoms. The van der Waals surface area contributed by atoms with Crippen LogP contribution in [0.4, 0.5) is 5.69 Å². The lowest BCUT2D eigenvalue weighted by Gasteiger charge is -2.20. The van der Waals surface area contributed by atoms with Crippen molar-refractivity contribution in [2.24, 2.45) is 0 Å². The molecule has 4 rings (SSSR count). The zero-order valence-corrected chi connectivity index (χ0v) is 14.4. The molecule has 1 unspecified atom stereocenters. The van der Waals surface area contributed by atoms with Crippen LogP contribution in [0.2, 0.25) is 0 Å². The van der Waals surface area contributed by atoms with E-state index in [1.54, 1.807) is 4.90 Å². The van der Waals surface area contributed by atoms with Gasteiger partial charge in [-0.2, -0.15) is 0 Å². The van der Waals surface area contributed by atoms with Crippen molar-refractivity contribution >= 4 is 22.9 Å². The van der Waals surface area contributed by atoms with Crippen molar-refractivity contribution in [1.29, 1.82) is 0 Å². The van der Waals surface area contributed by atoms with Crippen LogP contribution in [0.25, 0.3) is 11.3 Å². The molecule has 120 valence electrons. The van der Waals surface area contributed by atoms with Gasteiger partial charge in [-0.05, 0) is 44.0 Å². The monoisotopic (exact) mass is 327 g/mol. The summed E-state index contributed by atoms with van der Waals surface area (Å²) in [6.07, 6.45) is 2.96. The number of thiazole rings is 1. The number of benzene rings is 1. The molecule has 4 nitrogen and oxygen atoms in total. The van der Waals surface area contributed by atoms with Gasteiger partial charge in [0.2, 0.25) is 5.91 Å². The Labute approximate surface area is 140 Å². The molecule has 1 fully saturated rings. The molecule has 1 atom stereocenters. The second-order valence-corrected chi connectivity index (χ2v) is 7.71. The van der Waals surface area contributed by atoms with Crippen LogP contribution in [-0.2, 0) is 11.2 Å². The normalized spacial score (nSPS) is 20.9. The van der Waals surface area contributed by atoms with Crippen LogP contribution in [0.1, 0.15) is 34.2 Å². The average Bonchev–Trinajstić information content (AvgIpc) is 3.09. The summed E-state index contributed by atoms with van der Waals surface area (Å²) in [6.45, 7) is 4.31. The highest BCUT2D eigenvalue weighted by Crippen LogP contribution is 2.36. The minimum absolute atomic E-state index is 0.168. The van der Waals surface area contributed by atoms with E-state index in [0.29, 0.717) is 12.3 Å². The van der Waals surface area contributed by atoms with Gasteiger partial charge in [0, 0.05) is 35.6 Å². The summed E-state index contributed by atoms with van der Waals surface area (Å²) in [5, 5.41) is 4.72. The molecule has 2 aliphatic heterocycles. The molecule has 1 amide bonds. The van der Waals surface area contributed by atoms with Crippen LogP contribution in [0.15, 0.2) is 18.2 Å². The molecule has 1 saturated heterocycles. The van der Waals surface area contributed by atoms with Crippen LogP contribution in [0, 0.1) is 6.92 Å². The summed E-state index contributed by atoms with van der Waals surface area (Å²) in [7, 11) is 1.84. The lowest BCUT2D eigenvalue weighted by Crippen LogP contribution is -2.28. The van der Waals surface area contributed by atoms with Gasteiger partial charge >= 0.3 is 0 Å². The van der Waals surface area contributed by atoms with Crippen molar-refractivity contribution in [3.8, 4) is 11.3 Å². The number of likely N-dealkylation sites (N-methyl/N-ethyl adjacent to an activating group) is 1. The van der Waals surface area contributed by atoms with Gasteiger partial charge in [-0.1, -0.05) is 6.07 Å². The molecular weight excluding hydrogens is 306 g/mol. The molecule has 3 heterocycles. The quantitative estimate of drug-likeness (QED) is 0.922. The fourth-order valence-corrected chi connectivity index (χ4v) is 4.62. The Morgan fingerprint density at radius 1 is 1.39 bits per heavy atom. The van der Waals surface area contributed by atoms with E-state index >= 15 is 0 Å². The van der Waals surface area contributed by atoms with E-state index in [1.807, 2.05) is 18.4 Å². The number of anilines is 1. The summed E-state index contributed by atoms with van der Waals surface area (Å²) >= 11 is 1.82. The number of amides is 1. The van der Waals surface area contributed by atoms with Gasteiger partial charge in [-0.15, -0.1) is 11.3 Å². The third-order valence-corrected chi connectivity index (χ3v) is 6.02. The highest BCUT2D eigenvalue weighted by Gasteiger charge is 2.25. The first-order chi connectivity index (χ1) is 11.1. The van der Waals surface area contributed by atoms with Crippen LogP contribution < -0.4 is 10.2 Å². The zero-order valence-electron chi connectivity index (χ0n) is 13.6. The van der Waals surface area contributed by atoms with Crippen molar-refractivity contribution in [2.75, 3.05) is 25.0 Å². The minimum atomic E-state index is 0.168. The minimum Gasteiger partial charge on any atom is -0.316 e. The van der Waals surface area contributed by atoms with Gasteiger partial charge in [0.25, 0.3) is 0 Å². The van der Waals surface area contributed by atoms with E-state index < -0.39 is 0 Å². The van der Waals surface area contributed by atoms with Crippen molar-refractivity contribution in [3.63, 3.8) is 0 Å². The Morgan fingerprint density at radius 2 is 2.26 bits per heavy atom. The number of piperidine rings is 1. The van der Waals surface area contributed by atoms with Gasteiger partial charge in [-0.25, -0.2) is 4.98 Å². The number of aryl methyl sites for hydroxylation is 1. The number of fused-ring (bicyclic) bond motifs is 1. The number of rotatable bonds is 2. The van der Waals surface area contributed by atoms with Crippen molar-refractivity contribution in [3.05, 3.63) is 33.6 Å². The van der Waals surface area contributed by atoms with E-state index in [0.717, 1.165) is 35.6 Å². The fraction of sp³-hybridized carbons (Fsp3) is 0.444. The number of hydrogen-bond donors (Lipinski definition) is 1. The first-order valence-corrected chi connectivity index (χ1v) is 9.03. The average molecular weight is 327 g/mol. The maximum Gasteiger partial charge on any atom is 0.231 e. The van der Waals surface area contributed by atoms with Crippen LogP contribution >= 0.6 is 11.3 Å². The lowest BCUT2D eigenvalue weighted by molar-refractivity contribution is -0.117. The number of carbonyl (C=O) groups excluding carboxylic acids is 1. The summed E-state index contributed by atoms with van der Waals surface area (Å²) in [5.74, 6) is 0.712. The predicted octanol–water partition coefficient (Wildman–Crippen LogP) is 3.10. The number of nitrogens with one attached hydrogen (secondary N) is 1. The maximum absolute atomic E-state index is 11.9. The first kappa shape index (κ1) is 14.8. The number of nitrogens with zero attached hydrogens (tertiary/aromatic N) is 2. The SMILES string of the molecule is Cc1sc(C2CCCNC2)nc1-c1ccc2c(c1)CC(=O)N2C. The molecule has 0 aliphatic carbocycles. The molecule has 1 aromatic heterocycles. The second kappa shape index (κ2) is 5.73. The van der Waals surface area contributed by atoms with Gasteiger partial charge in [0.05, 0.1) is 17.1 Å². The van der Waals surface area contributed by atoms with Gasteiger partial charge in [-0.3, -0.25) is 4.79 Å². The molecule has 1 N–H and O–H groups in total. The highest BCUT2D eigenvalue weighted by molar-refractivity contribution is 7.12. The Bertz CT molecular complexity index is 762. The molecule has 2 aromatic rings. The fourth-order valence-electron chi connectivity index (χ4n) is 3.54. The second-order valence-electron chi connectivity index (χ2n) is 6.47. The van der Waals surface area contributed by atoms with E-state index in [2.05, 4.69) is 30.4 Å². The Balaban J connectivity index is 1.67. The summed E-state index contributed by atoms with van der Waals surface area (Å²) in [5.41, 5.74) is 4.36. The zero-order chi connectivity index (χ0) is 16.0. The predicted molar refractivity (Wildman–Crippen MR) is 94.2 cm³/mol. The van der Waals surface area contributed by atoms with Gasteiger partial charge in [0.15, 0.2) is 0 Å². The van der Waals surface area contributed by atoms with Gasteiger partial charge < -0.3 is 10.2 Å². The van der Waals surface area contributed by atoms with Crippen LogP contribution in [0.3, 0.4) is 0 Å². The summed E-state index contributed by atoms with van der Waals surface area (Å²) < 4.78 is 0. The molecule has 0 radical (unpaired) electrons. The first-order valence-electron chi connectivity index (χ1n) is 8.21. The molecule has 0 bridgehead atoms. The van der Waals surface area contributed by atoms with Crippen molar-refractivity contribution in [2.45, 2.75) is 32.1 Å². The molecule has 0 spiro atoms. The number of aromatic nitrogens is 1. The highest BCUT2D eigenvalue weighted by atomic mass is 32.1. The molecule has 1 aromatic carbocycles. The van der Waals surface area contributed by atoms with E-state index in [9.17, 15) is 4.79 Å². The lowest BCUT2D eigenvalue weighted by atomic mass is 10.0. The number of hydrogen-bond acceptors (Lipinski definition) is 4. The van der Waals surface area contributed by atoms with E-state index in [-0.39, 0.29) is 5.91 Å². The van der Waals surface area contributed by atoms with Crippen molar-refractivity contribution in [1.82, 2.24) is 10.3 Å². The Kier molecular flexibility index (Phi) is 3.70. The summed E-state index contributed by atoms with van der Waals surface area (Å²) in [6, 6.07) is 6.29. The molecule has 2 aliphatic rings. The smallest absolute Gasteiger partial charge is 0.231 e. The maximum atomic E-state index is 11.9. The summed E-state index contributed by atoms with van der Waals surface area (Å²) in [4.78, 5) is 19.8. The Morgan fingerprint density at radius 3 is 3.04 bits per heavy atom. The number of carbonyl (C=O) groups is 1.